The van der Waals surface area contributed by atoms with Gasteiger partial charge in [-0.1, -0.05) is 31.0 Å². The Morgan fingerprint density at radius 2 is 2.20 bits per heavy atom. The molecule has 1 fully saturated rings. The molecular weight excluding hydrogens is 336 g/mol. The average molecular weight is 360 g/mol. The third kappa shape index (κ3) is 3.76. The lowest BCUT2D eigenvalue weighted by molar-refractivity contribution is 0.162. The lowest BCUT2D eigenvalue weighted by Gasteiger charge is -2.35. The van der Waals surface area contributed by atoms with Crippen molar-refractivity contribution in [3.05, 3.63) is 33.3 Å². The van der Waals surface area contributed by atoms with Crippen molar-refractivity contribution in [2.45, 2.75) is 32.2 Å². The van der Waals surface area contributed by atoms with Crippen LogP contribution in [0, 0.1) is 5.92 Å². The van der Waals surface area contributed by atoms with Crippen molar-refractivity contribution >= 4 is 27.5 Å². The maximum atomic E-state index is 6.31. The minimum Gasteiger partial charge on any atom is -0.319 e. The van der Waals surface area contributed by atoms with E-state index in [0.717, 1.165) is 22.6 Å². The van der Waals surface area contributed by atoms with E-state index in [4.69, 9.17) is 11.6 Å². The lowest BCUT2D eigenvalue weighted by Crippen LogP contribution is -2.36. The van der Waals surface area contributed by atoms with Crippen LogP contribution in [0.1, 0.15) is 37.8 Å². The van der Waals surface area contributed by atoms with Crippen LogP contribution >= 0.6 is 27.5 Å². The van der Waals surface area contributed by atoms with Crippen LogP contribution in [0.15, 0.2) is 22.7 Å². The Labute approximate surface area is 136 Å². The smallest absolute Gasteiger partial charge is 0.0551 e. The normalized spacial score (nSPS) is 24.6. The van der Waals surface area contributed by atoms with Gasteiger partial charge in [0.1, 0.15) is 0 Å². The highest BCUT2D eigenvalue weighted by atomic mass is 79.9. The number of halogens is 2. The number of benzene rings is 1. The molecule has 20 heavy (non-hydrogen) atoms. The Hall–Kier alpha value is -0.0900. The summed E-state index contributed by atoms with van der Waals surface area (Å²) in [6.07, 6.45) is 3.91. The van der Waals surface area contributed by atoms with Crippen molar-refractivity contribution in [2.24, 2.45) is 5.92 Å². The fourth-order valence-electron chi connectivity index (χ4n) is 3.33. The molecule has 1 aromatic rings. The van der Waals surface area contributed by atoms with Gasteiger partial charge in [-0.15, -0.1) is 0 Å². The van der Waals surface area contributed by atoms with Gasteiger partial charge in [-0.25, -0.2) is 0 Å². The summed E-state index contributed by atoms with van der Waals surface area (Å²) < 4.78 is 0.977. The SMILES string of the molecule is CCN1CCCCC(CNC)C1c1ccc(Br)c(Cl)c1. The van der Waals surface area contributed by atoms with Gasteiger partial charge in [0, 0.05) is 10.5 Å². The van der Waals surface area contributed by atoms with Crippen molar-refractivity contribution in [1.82, 2.24) is 10.2 Å². The molecule has 1 aliphatic heterocycles. The van der Waals surface area contributed by atoms with Crippen LogP contribution in [0.5, 0.6) is 0 Å². The van der Waals surface area contributed by atoms with Crippen molar-refractivity contribution in [3.63, 3.8) is 0 Å². The summed E-state index contributed by atoms with van der Waals surface area (Å²) in [6, 6.07) is 6.90. The van der Waals surface area contributed by atoms with Crippen molar-refractivity contribution in [1.29, 1.82) is 0 Å². The summed E-state index contributed by atoms with van der Waals surface area (Å²) in [5.41, 5.74) is 1.35. The molecule has 2 rings (SSSR count). The fraction of sp³-hybridized carbons (Fsp3) is 0.625. The van der Waals surface area contributed by atoms with Gasteiger partial charge in [0.15, 0.2) is 0 Å². The predicted molar refractivity (Wildman–Crippen MR) is 90.4 cm³/mol. The second kappa shape index (κ2) is 7.79. The molecule has 1 aliphatic rings. The van der Waals surface area contributed by atoms with E-state index in [-0.39, 0.29) is 0 Å². The zero-order valence-electron chi connectivity index (χ0n) is 12.3. The third-order valence-electron chi connectivity index (χ3n) is 4.27. The molecule has 112 valence electrons. The van der Waals surface area contributed by atoms with E-state index < -0.39 is 0 Å². The van der Waals surface area contributed by atoms with Crippen LogP contribution in [0.25, 0.3) is 0 Å². The topological polar surface area (TPSA) is 15.3 Å². The van der Waals surface area contributed by atoms with Gasteiger partial charge >= 0.3 is 0 Å². The zero-order chi connectivity index (χ0) is 14.5. The summed E-state index contributed by atoms with van der Waals surface area (Å²) in [6.45, 7) is 5.61. The van der Waals surface area contributed by atoms with E-state index in [2.05, 4.69) is 51.3 Å². The van der Waals surface area contributed by atoms with Crippen LogP contribution in [0.2, 0.25) is 5.02 Å². The van der Waals surface area contributed by atoms with E-state index in [1.165, 1.54) is 31.4 Å². The van der Waals surface area contributed by atoms with Crippen LogP contribution in [0.3, 0.4) is 0 Å². The number of nitrogens with zero attached hydrogens (tertiary/aromatic N) is 1. The van der Waals surface area contributed by atoms with Crippen LogP contribution < -0.4 is 5.32 Å². The monoisotopic (exact) mass is 358 g/mol. The minimum absolute atomic E-state index is 0.473. The summed E-state index contributed by atoms with van der Waals surface area (Å²) in [7, 11) is 2.05. The highest BCUT2D eigenvalue weighted by Gasteiger charge is 2.30. The van der Waals surface area contributed by atoms with Gasteiger partial charge < -0.3 is 5.32 Å². The van der Waals surface area contributed by atoms with E-state index in [0.29, 0.717) is 12.0 Å². The highest BCUT2D eigenvalue weighted by molar-refractivity contribution is 9.10. The first-order valence-electron chi connectivity index (χ1n) is 7.51. The van der Waals surface area contributed by atoms with Crippen molar-refractivity contribution in [2.75, 3.05) is 26.7 Å². The number of likely N-dealkylation sites (tertiary alicyclic amines) is 1. The molecule has 0 radical (unpaired) electrons. The summed E-state index contributed by atoms with van der Waals surface area (Å²) >= 11 is 9.80. The van der Waals surface area contributed by atoms with E-state index >= 15 is 0 Å². The first-order valence-corrected chi connectivity index (χ1v) is 8.68. The average Bonchev–Trinajstić information content (AvgIpc) is 2.64. The number of nitrogens with one attached hydrogen (secondary N) is 1. The Bertz CT molecular complexity index is 438. The van der Waals surface area contributed by atoms with Crippen LogP contribution in [-0.2, 0) is 0 Å². The number of hydrogen-bond acceptors (Lipinski definition) is 2. The molecule has 4 heteroatoms. The second-order valence-corrected chi connectivity index (χ2v) is 6.82. The van der Waals surface area contributed by atoms with Crippen molar-refractivity contribution < 1.29 is 0 Å². The molecule has 0 bridgehead atoms. The van der Waals surface area contributed by atoms with Gasteiger partial charge in [0.2, 0.25) is 0 Å². The molecular formula is C16H24BrClN2. The van der Waals surface area contributed by atoms with Gasteiger partial charge in [-0.3, -0.25) is 4.90 Å². The van der Waals surface area contributed by atoms with Crippen LogP contribution in [0.4, 0.5) is 0 Å². The quantitative estimate of drug-likeness (QED) is 0.852. The molecule has 0 amide bonds. The number of hydrogen-bond donors (Lipinski definition) is 1. The standard InChI is InChI=1S/C16H24BrClN2/c1-3-20-9-5-4-6-13(11-19-2)16(20)12-7-8-14(17)15(18)10-12/h7-8,10,13,16,19H,3-6,9,11H2,1-2H3. The van der Waals surface area contributed by atoms with E-state index in [1.807, 2.05) is 7.05 Å². The lowest BCUT2D eigenvalue weighted by atomic mass is 9.89. The Balaban J connectivity index is 2.34. The van der Waals surface area contributed by atoms with Gasteiger partial charge in [0.05, 0.1) is 5.02 Å². The summed E-state index contributed by atoms with van der Waals surface area (Å²) in [4.78, 5) is 2.61. The van der Waals surface area contributed by atoms with Gasteiger partial charge in [-0.05, 0) is 79.1 Å². The third-order valence-corrected chi connectivity index (χ3v) is 5.50. The molecule has 0 aromatic heterocycles. The zero-order valence-corrected chi connectivity index (χ0v) is 14.7. The predicted octanol–water partition coefficient (Wildman–Crippen LogP) is 4.49. The second-order valence-electron chi connectivity index (χ2n) is 5.56. The minimum atomic E-state index is 0.473. The molecule has 2 unspecified atom stereocenters. The first kappa shape index (κ1) is 16.3. The maximum Gasteiger partial charge on any atom is 0.0551 e. The molecule has 1 saturated heterocycles. The molecule has 1 heterocycles. The van der Waals surface area contributed by atoms with Crippen molar-refractivity contribution in [3.8, 4) is 0 Å². The van der Waals surface area contributed by atoms with Gasteiger partial charge in [-0.2, -0.15) is 0 Å². The molecule has 1 aromatic carbocycles. The summed E-state index contributed by atoms with van der Waals surface area (Å²) in [5.74, 6) is 0.652. The molecule has 0 aliphatic carbocycles. The Morgan fingerprint density at radius 3 is 2.85 bits per heavy atom. The fourth-order valence-corrected chi connectivity index (χ4v) is 3.76. The largest absolute Gasteiger partial charge is 0.319 e. The maximum absolute atomic E-state index is 6.31. The molecule has 0 saturated carbocycles. The Kier molecular flexibility index (Phi) is 6.34. The highest BCUT2D eigenvalue weighted by Crippen LogP contribution is 2.37. The number of rotatable bonds is 4. The first-order chi connectivity index (χ1) is 9.67. The molecule has 2 nitrogen and oxygen atoms in total. The van der Waals surface area contributed by atoms with Gasteiger partial charge in [0.25, 0.3) is 0 Å². The molecule has 1 N–H and O–H groups in total. The Morgan fingerprint density at radius 1 is 1.40 bits per heavy atom. The van der Waals surface area contributed by atoms with E-state index in [9.17, 15) is 0 Å². The summed E-state index contributed by atoms with van der Waals surface area (Å²) in [5, 5.41) is 4.18. The molecule has 2 atom stereocenters. The van der Waals surface area contributed by atoms with E-state index in [1.54, 1.807) is 0 Å². The molecule has 0 spiro atoms. The van der Waals surface area contributed by atoms with Crippen LogP contribution in [-0.4, -0.2) is 31.6 Å².